The number of hydrogen-bond acceptors (Lipinski definition) is 4. The second kappa shape index (κ2) is 4.25. The lowest BCUT2D eigenvalue weighted by molar-refractivity contribution is -0.149. The number of hydroxylamine groups is 1. The molecule has 2 unspecified atom stereocenters. The minimum atomic E-state index is -0.390. The van der Waals surface area contributed by atoms with Gasteiger partial charge < -0.3 is 10.5 Å². The Kier molecular flexibility index (Phi) is 3.47. The highest BCUT2D eigenvalue weighted by atomic mass is 16.7. The minimum absolute atomic E-state index is 0.204. The molecule has 82 valence electrons. The number of nitrogens with one attached hydrogen (secondary N) is 1. The Bertz CT molecular complexity index is 213. The molecule has 0 saturated carbocycles. The first-order valence-electron chi connectivity index (χ1n) is 4.71. The third-order valence-corrected chi connectivity index (χ3v) is 1.92. The molecule has 0 aromatic heterocycles. The maximum Gasteiger partial charge on any atom is 0.250 e. The Hall–Kier alpha value is -0.650. The minimum Gasteiger partial charge on any atom is -0.379 e. The van der Waals surface area contributed by atoms with Gasteiger partial charge in [-0.3, -0.25) is 9.63 Å². The van der Waals surface area contributed by atoms with E-state index in [1.807, 2.05) is 20.8 Å². The van der Waals surface area contributed by atoms with E-state index in [-0.39, 0.29) is 23.5 Å². The van der Waals surface area contributed by atoms with Gasteiger partial charge in [-0.1, -0.05) is 0 Å². The maximum absolute atomic E-state index is 11.5. The summed E-state index contributed by atoms with van der Waals surface area (Å²) in [5.74, 6) is -0.498. The van der Waals surface area contributed by atoms with Crippen LogP contribution in [0.4, 0.5) is 0 Å². The molecule has 1 aliphatic rings. The van der Waals surface area contributed by atoms with Crippen molar-refractivity contribution >= 4 is 5.91 Å². The van der Waals surface area contributed by atoms with Crippen molar-refractivity contribution in [2.24, 2.45) is 11.7 Å². The van der Waals surface area contributed by atoms with Gasteiger partial charge in [-0.05, 0) is 20.8 Å². The summed E-state index contributed by atoms with van der Waals surface area (Å²) in [5, 5.41) is 0. The number of carbonyl (C=O) groups excluding carboxylic acids is 1. The summed E-state index contributed by atoms with van der Waals surface area (Å²) >= 11 is 0. The monoisotopic (exact) mass is 202 g/mol. The van der Waals surface area contributed by atoms with Gasteiger partial charge in [-0.15, -0.1) is 0 Å². The van der Waals surface area contributed by atoms with Crippen molar-refractivity contribution in [3.05, 3.63) is 0 Å². The lowest BCUT2D eigenvalue weighted by atomic mass is 10.0. The fourth-order valence-electron chi connectivity index (χ4n) is 1.12. The maximum atomic E-state index is 11.5. The zero-order valence-electron chi connectivity index (χ0n) is 8.87. The Morgan fingerprint density at radius 1 is 1.50 bits per heavy atom. The Morgan fingerprint density at radius 3 is 2.57 bits per heavy atom. The van der Waals surface area contributed by atoms with E-state index in [9.17, 15) is 4.79 Å². The smallest absolute Gasteiger partial charge is 0.250 e. The number of nitrogens with two attached hydrogens (primary N) is 1. The molecular weight excluding hydrogens is 184 g/mol. The molecule has 5 nitrogen and oxygen atoms in total. The molecule has 5 heteroatoms. The molecule has 1 saturated heterocycles. The van der Waals surface area contributed by atoms with Crippen LogP contribution in [0.1, 0.15) is 20.8 Å². The van der Waals surface area contributed by atoms with Crippen LogP contribution in [0.2, 0.25) is 0 Å². The molecule has 2 atom stereocenters. The molecular formula is C9H18N2O3. The first-order valence-corrected chi connectivity index (χ1v) is 4.71. The average Bonchev–Trinajstić information content (AvgIpc) is 2.46. The lowest BCUT2D eigenvalue weighted by Crippen LogP contribution is -2.43. The van der Waals surface area contributed by atoms with Crippen LogP contribution in [0.25, 0.3) is 0 Å². The summed E-state index contributed by atoms with van der Waals surface area (Å²) in [4.78, 5) is 16.6. The molecule has 0 spiro atoms. The molecule has 0 aromatic carbocycles. The highest BCUT2D eigenvalue weighted by molar-refractivity contribution is 5.78. The van der Waals surface area contributed by atoms with Gasteiger partial charge in [0.15, 0.2) is 0 Å². The summed E-state index contributed by atoms with van der Waals surface area (Å²) < 4.78 is 5.08. The number of carbonyl (C=O) groups is 1. The van der Waals surface area contributed by atoms with E-state index < -0.39 is 0 Å². The van der Waals surface area contributed by atoms with Crippen LogP contribution in [0, 0.1) is 5.92 Å². The molecule has 0 aromatic rings. The van der Waals surface area contributed by atoms with E-state index in [0.29, 0.717) is 13.2 Å². The van der Waals surface area contributed by atoms with Gasteiger partial charge >= 0.3 is 0 Å². The predicted octanol–water partition coefficient (Wildman–Crippen LogP) is -0.194. The summed E-state index contributed by atoms with van der Waals surface area (Å²) in [6.07, 6.45) is 0. The van der Waals surface area contributed by atoms with Crippen LogP contribution in [0.3, 0.4) is 0 Å². The van der Waals surface area contributed by atoms with Crippen molar-refractivity contribution < 1.29 is 14.4 Å². The van der Waals surface area contributed by atoms with Crippen LogP contribution >= 0.6 is 0 Å². The molecule has 1 aliphatic heterocycles. The van der Waals surface area contributed by atoms with E-state index in [1.54, 1.807) is 0 Å². The van der Waals surface area contributed by atoms with Gasteiger partial charge in [0.25, 0.3) is 5.91 Å². The lowest BCUT2D eigenvalue weighted by Gasteiger charge is -2.21. The summed E-state index contributed by atoms with van der Waals surface area (Å²) in [7, 11) is 0. The number of hydrogen-bond donors (Lipinski definition) is 2. The van der Waals surface area contributed by atoms with Gasteiger partial charge in [0.05, 0.1) is 24.7 Å². The summed E-state index contributed by atoms with van der Waals surface area (Å²) in [6, 6.07) is -0.224. The highest BCUT2D eigenvalue weighted by Crippen LogP contribution is 2.12. The van der Waals surface area contributed by atoms with E-state index in [0.717, 1.165) is 0 Å². The fourth-order valence-corrected chi connectivity index (χ4v) is 1.12. The van der Waals surface area contributed by atoms with Crippen molar-refractivity contribution in [3.63, 3.8) is 0 Å². The Balaban J connectivity index is 2.35. The van der Waals surface area contributed by atoms with Gasteiger partial charge in [0, 0.05) is 6.04 Å². The van der Waals surface area contributed by atoms with Gasteiger partial charge in [-0.2, -0.15) is 0 Å². The van der Waals surface area contributed by atoms with Crippen molar-refractivity contribution in [1.82, 2.24) is 5.48 Å². The molecule has 0 radical (unpaired) electrons. The van der Waals surface area contributed by atoms with Gasteiger partial charge in [-0.25, -0.2) is 5.48 Å². The van der Waals surface area contributed by atoms with Gasteiger partial charge in [0.1, 0.15) is 0 Å². The number of ether oxygens (including phenoxy) is 1. The molecule has 1 amide bonds. The van der Waals surface area contributed by atoms with Crippen LogP contribution in [0.5, 0.6) is 0 Å². The molecule has 14 heavy (non-hydrogen) atoms. The third-order valence-electron chi connectivity index (χ3n) is 1.92. The van der Waals surface area contributed by atoms with Gasteiger partial charge in [0.2, 0.25) is 0 Å². The third kappa shape index (κ3) is 3.25. The Labute approximate surface area is 83.9 Å². The van der Waals surface area contributed by atoms with Crippen molar-refractivity contribution in [1.29, 1.82) is 0 Å². The largest absolute Gasteiger partial charge is 0.379 e. The zero-order chi connectivity index (χ0) is 10.8. The molecule has 1 fully saturated rings. The topological polar surface area (TPSA) is 73.6 Å². The predicted molar refractivity (Wildman–Crippen MR) is 51.3 cm³/mol. The first-order chi connectivity index (χ1) is 6.40. The fraction of sp³-hybridized carbons (Fsp3) is 0.889. The van der Waals surface area contributed by atoms with Crippen molar-refractivity contribution in [2.75, 3.05) is 13.2 Å². The number of amides is 1. The number of rotatable bonds is 2. The second-order valence-electron chi connectivity index (χ2n) is 4.49. The second-order valence-corrected chi connectivity index (χ2v) is 4.49. The van der Waals surface area contributed by atoms with Crippen molar-refractivity contribution in [2.45, 2.75) is 32.4 Å². The quantitative estimate of drug-likeness (QED) is 0.608. The summed E-state index contributed by atoms with van der Waals surface area (Å²) in [6.45, 7) is 6.39. The van der Waals surface area contributed by atoms with Crippen molar-refractivity contribution in [3.8, 4) is 0 Å². The van der Waals surface area contributed by atoms with Crippen LogP contribution < -0.4 is 11.2 Å². The molecule has 1 rings (SSSR count). The highest BCUT2D eigenvalue weighted by Gasteiger charge is 2.32. The molecule has 1 heterocycles. The molecule has 0 aliphatic carbocycles. The van der Waals surface area contributed by atoms with Crippen LogP contribution in [-0.4, -0.2) is 30.8 Å². The molecule has 0 bridgehead atoms. The normalized spacial score (nSPS) is 27.7. The summed E-state index contributed by atoms with van der Waals surface area (Å²) in [5.41, 5.74) is 7.68. The van der Waals surface area contributed by atoms with E-state index in [1.165, 1.54) is 0 Å². The molecule has 3 N–H and O–H groups in total. The Morgan fingerprint density at radius 2 is 2.14 bits per heavy atom. The van der Waals surface area contributed by atoms with E-state index in [2.05, 4.69) is 5.48 Å². The van der Waals surface area contributed by atoms with E-state index in [4.69, 9.17) is 15.3 Å². The average molecular weight is 202 g/mol. The SMILES string of the molecule is CC(C)(C)ONC(=O)C1COCC1N. The van der Waals surface area contributed by atoms with Crippen LogP contribution in [0.15, 0.2) is 0 Å². The zero-order valence-corrected chi connectivity index (χ0v) is 8.87. The van der Waals surface area contributed by atoms with Crippen LogP contribution in [-0.2, 0) is 14.4 Å². The standard InChI is InChI=1S/C9H18N2O3/c1-9(2,3)14-11-8(12)6-4-13-5-7(6)10/h6-7H,4-5,10H2,1-3H3,(H,11,12). The first kappa shape index (κ1) is 11.4. The van der Waals surface area contributed by atoms with E-state index >= 15 is 0 Å².